The quantitative estimate of drug-likeness (QED) is 0.564. The van der Waals surface area contributed by atoms with Gasteiger partial charge in [-0.05, 0) is 19.3 Å². The number of amides is 1. The van der Waals surface area contributed by atoms with E-state index in [1.54, 1.807) is 5.01 Å². The van der Waals surface area contributed by atoms with Crippen LogP contribution in [-0.2, 0) is 4.79 Å². The Kier molecular flexibility index (Phi) is 3.36. The Labute approximate surface area is 67.9 Å². The van der Waals surface area contributed by atoms with Crippen LogP contribution in [0.2, 0.25) is 0 Å². The van der Waals surface area contributed by atoms with Crippen molar-refractivity contribution in [2.75, 3.05) is 19.6 Å². The molecule has 0 N–H and O–H groups in total. The number of hydrogen-bond donors (Lipinski definition) is 0. The Morgan fingerprint density at radius 3 is 2.55 bits per heavy atom. The van der Waals surface area contributed by atoms with Gasteiger partial charge in [-0.1, -0.05) is 6.92 Å². The van der Waals surface area contributed by atoms with Gasteiger partial charge in [-0.15, -0.1) is 0 Å². The molecule has 1 amide bonds. The molecule has 0 saturated carbocycles. The zero-order valence-electron chi connectivity index (χ0n) is 7.12. The maximum Gasteiger partial charge on any atom is 0.224 e. The summed E-state index contributed by atoms with van der Waals surface area (Å²) in [5, 5.41) is 3.93. The lowest BCUT2D eigenvalue weighted by Crippen LogP contribution is -2.39. The third kappa shape index (κ3) is 2.19. The van der Waals surface area contributed by atoms with Crippen LogP contribution < -0.4 is 0 Å². The molecule has 1 aliphatic rings. The summed E-state index contributed by atoms with van der Waals surface area (Å²) in [6.45, 7) is 5.06. The van der Waals surface area contributed by atoms with Gasteiger partial charge in [0, 0.05) is 19.6 Å². The summed E-state index contributed by atoms with van der Waals surface area (Å²) >= 11 is 0. The molecule has 64 valence electrons. The fraction of sp³-hybridized carbons (Fsp3) is 0.875. The second-order valence-electron chi connectivity index (χ2n) is 2.93. The molecule has 11 heavy (non-hydrogen) atoms. The van der Waals surface area contributed by atoms with E-state index in [0.29, 0.717) is 0 Å². The minimum Gasteiger partial charge on any atom is -0.278 e. The van der Waals surface area contributed by atoms with Crippen LogP contribution in [0.4, 0.5) is 0 Å². The van der Waals surface area contributed by atoms with Crippen molar-refractivity contribution in [3.8, 4) is 0 Å². The summed E-state index contributed by atoms with van der Waals surface area (Å²) in [6.07, 6.45) is 4.44. The lowest BCUT2D eigenvalue weighted by Gasteiger charge is -2.27. The SMILES string of the molecule is CCCN(C=O)N1CCCC1. The number of hydrogen-bond acceptors (Lipinski definition) is 2. The van der Waals surface area contributed by atoms with Crippen LogP contribution in [0, 0.1) is 0 Å². The maximum atomic E-state index is 10.6. The van der Waals surface area contributed by atoms with Crippen molar-refractivity contribution in [2.45, 2.75) is 26.2 Å². The van der Waals surface area contributed by atoms with E-state index in [-0.39, 0.29) is 0 Å². The molecule has 1 heterocycles. The van der Waals surface area contributed by atoms with E-state index in [9.17, 15) is 4.79 Å². The molecule has 0 aromatic rings. The van der Waals surface area contributed by atoms with E-state index in [2.05, 4.69) is 11.9 Å². The van der Waals surface area contributed by atoms with Gasteiger partial charge >= 0.3 is 0 Å². The molecule has 0 aliphatic carbocycles. The monoisotopic (exact) mass is 156 g/mol. The van der Waals surface area contributed by atoms with Crippen molar-refractivity contribution >= 4 is 6.41 Å². The van der Waals surface area contributed by atoms with E-state index in [1.807, 2.05) is 0 Å². The molecule has 1 aliphatic heterocycles. The topological polar surface area (TPSA) is 23.6 Å². The molecule has 0 aromatic heterocycles. The highest BCUT2D eigenvalue weighted by molar-refractivity contribution is 5.46. The van der Waals surface area contributed by atoms with Gasteiger partial charge in [0.1, 0.15) is 0 Å². The van der Waals surface area contributed by atoms with Gasteiger partial charge < -0.3 is 0 Å². The first-order chi connectivity index (χ1) is 5.38. The van der Waals surface area contributed by atoms with E-state index in [1.165, 1.54) is 12.8 Å². The molecule has 0 radical (unpaired) electrons. The summed E-state index contributed by atoms with van der Waals surface area (Å²) in [5.74, 6) is 0. The molecule has 0 aromatic carbocycles. The van der Waals surface area contributed by atoms with E-state index < -0.39 is 0 Å². The van der Waals surface area contributed by atoms with Crippen LogP contribution in [-0.4, -0.2) is 36.1 Å². The van der Waals surface area contributed by atoms with Gasteiger partial charge in [0.15, 0.2) is 0 Å². The van der Waals surface area contributed by atoms with Gasteiger partial charge in [-0.3, -0.25) is 9.80 Å². The molecule has 0 bridgehead atoms. The van der Waals surface area contributed by atoms with Crippen LogP contribution in [0.1, 0.15) is 26.2 Å². The fourth-order valence-corrected chi connectivity index (χ4v) is 1.45. The minimum absolute atomic E-state index is 0.865. The molecule has 3 nitrogen and oxygen atoms in total. The second-order valence-corrected chi connectivity index (χ2v) is 2.93. The number of hydrazine groups is 1. The lowest BCUT2D eigenvalue weighted by atomic mass is 10.4. The fourth-order valence-electron chi connectivity index (χ4n) is 1.45. The van der Waals surface area contributed by atoms with Crippen molar-refractivity contribution in [1.29, 1.82) is 0 Å². The molecule has 3 heteroatoms. The first-order valence-electron chi connectivity index (χ1n) is 4.35. The zero-order valence-corrected chi connectivity index (χ0v) is 7.12. The largest absolute Gasteiger partial charge is 0.278 e. The van der Waals surface area contributed by atoms with Crippen molar-refractivity contribution < 1.29 is 4.79 Å². The summed E-state index contributed by atoms with van der Waals surface area (Å²) in [5.41, 5.74) is 0. The molecule has 1 rings (SSSR count). The molecular formula is C8H16N2O. The molecule has 0 spiro atoms. The summed E-state index contributed by atoms with van der Waals surface area (Å²) in [4.78, 5) is 10.6. The van der Waals surface area contributed by atoms with Gasteiger partial charge in [0.25, 0.3) is 0 Å². The van der Waals surface area contributed by atoms with Crippen LogP contribution >= 0.6 is 0 Å². The average molecular weight is 156 g/mol. The van der Waals surface area contributed by atoms with Gasteiger partial charge in [-0.25, -0.2) is 5.01 Å². The average Bonchev–Trinajstić information content (AvgIpc) is 2.52. The van der Waals surface area contributed by atoms with Crippen molar-refractivity contribution in [2.24, 2.45) is 0 Å². The zero-order chi connectivity index (χ0) is 8.10. The second kappa shape index (κ2) is 4.34. The van der Waals surface area contributed by atoms with Crippen molar-refractivity contribution in [3.05, 3.63) is 0 Å². The van der Waals surface area contributed by atoms with Crippen LogP contribution in [0.15, 0.2) is 0 Å². The summed E-state index contributed by atoms with van der Waals surface area (Å²) < 4.78 is 0. The molecule has 0 atom stereocenters. The number of rotatable bonds is 4. The maximum absolute atomic E-state index is 10.6. The van der Waals surface area contributed by atoms with Gasteiger partial charge in [0.2, 0.25) is 6.41 Å². The highest BCUT2D eigenvalue weighted by atomic mass is 16.1. The number of carbonyl (C=O) groups excluding carboxylic acids is 1. The molecule has 1 saturated heterocycles. The predicted octanol–water partition coefficient (Wildman–Crippen LogP) is 0.866. The van der Waals surface area contributed by atoms with Crippen molar-refractivity contribution in [1.82, 2.24) is 10.0 Å². The minimum atomic E-state index is 0.865. The molecule has 1 fully saturated rings. The Morgan fingerprint density at radius 2 is 2.09 bits per heavy atom. The van der Waals surface area contributed by atoms with E-state index in [4.69, 9.17) is 0 Å². The highest BCUT2D eigenvalue weighted by Crippen LogP contribution is 2.09. The normalized spacial score (nSPS) is 18.6. The Hall–Kier alpha value is -0.570. The Morgan fingerprint density at radius 1 is 1.45 bits per heavy atom. The van der Waals surface area contributed by atoms with Gasteiger partial charge in [-0.2, -0.15) is 0 Å². The van der Waals surface area contributed by atoms with Crippen molar-refractivity contribution in [3.63, 3.8) is 0 Å². The lowest BCUT2D eigenvalue weighted by molar-refractivity contribution is -0.132. The van der Waals surface area contributed by atoms with Crippen LogP contribution in [0.5, 0.6) is 0 Å². The third-order valence-electron chi connectivity index (χ3n) is 2.02. The van der Waals surface area contributed by atoms with E-state index >= 15 is 0 Å². The number of carbonyl (C=O) groups is 1. The Balaban J connectivity index is 2.33. The summed E-state index contributed by atoms with van der Waals surface area (Å²) in [7, 11) is 0. The first-order valence-corrected chi connectivity index (χ1v) is 4.35. The number of nitrogens with zero attached hydrogens (tertiary/aromatic N) is 2. The smallest absolute Gasteiger partial charge is 0.224 e. The van der Waals surface area contributed by atoms with Gasteiger partial charge in [0.05, 0.1) is 0 Å². The predicted molar refractivity (Wildman–Crippen MR) is 43.9 cm³/mol. The van der Waals surface area contributed by atoms with Crippen LogP contribution in [0.3, 0.4) is 0 Å². The third-order valence-corrected chi connectivity index (χ3v) is 2.02. The Bertz CT molecular complexity index is 121. The summed E-state index contributed by atoms with van der Waals surface area (Å²) in [6, 6.07) is 0. The van der Waals surface area contributed by atoms with E-state index in [0.717, 1.165) is 32.5 Å². The first kappa shape index (κ1) is 8.53. The molecule has 0 unspecified atom stereocenters. The van der Waals surface area contributed by atoms with Crippen LogP contribution in [0.25, 0.3) is 0 Å². The highest BCUT2D eigenvalue weighted by Gasteiger charge is 2.16. The standard InChI is InChI=1S/C8H16N2O/c1-2-5-10(8-11)9-6-3-4-7-9/h8H,2-7H2,1H3. The molecular weight excluding hydrogens is 140 g/mol.